The van der Waals surface area contributed by atoms with Crippen molar-refractivity contribution in [3.63, 3.8) is 0 Å². The van der Waals surface area contributed by atoms with E-state index < -0.39 is 17.6 Å². The van der Waals surface area contributed by atoms with Gasteiger partial charge in [-0.1, -0.05) is 0 Å². The quantitative estimate of drug-likeness (QED) is 0.369. The van der Waals surface area contributed by atoms with Crippen molar-refractivity contribution in [1.29, 1.82) is 5.26 Å². The SMILES string of the molecule is CC(C)(O)CNC(=O)c1cc(C#N)ccc1NC(=O)Oc1nc(C2CC2)cnc1Nc1cncnc1. The fourth-order valence-electron chi connectivity index (χ4n) is 3.14. The predicted molar refractivity (Wildman–Crippen MR) is 129 cm³/mol. The molecule has 0 unspecified atom stereocenters. The summed E-state index contributed by atoms with van der Waals surface area (Å²) in [5.74, 6) is -0.178. The summed E-state index contributed by atoms with van der Waals surface area (Å²) in [6, 6.07) is 6.18. The Bertz CT molecular complexity index is 1310. The molecule has 4 rings (SSSR count). The molecule has 1 aliphatic carbocycles. The number of nitriles is 1. The van der Waals surface area contributed by atoms with Gasteiger partial charge in [0.05, 0.1) is 58.5 Å². The minimum absolute atomic E-state index is 0.0335. The molecule has 4 N–H and O–H groups in total. The number of amides is 2. The molecule has 12 heteroatoms. The van der Waals surface area contributed by atoms with Crippen molar-refractivity contribution in [2.75, 3.05) is 17.2 Å². The molecular weight excluding hydrogens is 464 g/mol. The molecule has 2 aromatic heterocycles. The van der Waals surface area contributed by atoms with Crippen LogP contribution in [0.2, 0.25) is 0 Å². The number of hydrogen-bond acceptors (Lipinski definition) is 10. The number of benzene rings is 1. The monoisotopic (exact) mass is 488 g/mol. The van der Waals surface area contributed by atoms with Gasteiger partial charge in [0.1, 0.15) is 6.33 Å². The lowest BCUT2D eigenvalue weighted by molar-refractivity contribution is 0.0694. The Balaban J connectivity index is 1.55. The number of rotatable bonds is 8. The highest BCUT2D eigenvalue weighted by Crippen LogP contribution is 2.40. The Kier molecular flexibility index (Phi) is 7.03. The van der Waals surface area contributed by atoms with Crippen molar-refractivity contribution in [1.82, 2.24) is 25.3 Å². The van der Waals surface area contributed by atoms with Gasteiger partial charge in [0.15, 0.2) is 5.82 Å². The summed E-state index contributed by atoms with van der Waals surface area (Å²) in [5, 5.41) is 27.2. The molecule has 184 valence electrons. The number of carbonyl (C=O) groups is 2. The fraction of sp³-hybridized carbons (Fsp3) is 0.292. The van der Waals surface area contributed by atoms with Gasteiger partial charge in [0.25, 0.3) is 11.8 Å². The molecule has 2 heterocycles. The van der Waals surface area contributed by atoms with Gasteiger partial charge in [0.2, 0.25) is 0 Å². The smallest absolute Gasteiger partial charge is 0.389 e. The molecule has 2 amide bonds. The van der Waals surface area contributed by atoms with Crippen LogP contribution in [0.5, 0.6) is 5.88 Å². The molecule has 1 fully saturated rings. The number of anilines is 3. The molecule has 0 spiro atoms. The predicted octanol–water partition coefficient (Wildman–Crippen LogP) is 2.87. The van der Waals surface area contributed by atoms with Crippen molar-refractivity contribution in [3.05, 3.63) is 59.9 Å². The van der Waals surface area contributed by atoms with Gasteiger partial charge >= 0.3 is 6.09 Å². The van der Waals surface area contributed by atoms with E-state index in [9.17, 15) is 20.0 Å². The summed E-state index contributed by atoms with van der Waals surface area (Å²) in [6.07, 6.45) is 7.11. The summed E-state index contributed by atoms with van der Waals surface area (Å²) < 4.78 is 5.48. The maximum Gasteiger partial charge on any atom is 0.418 e. The summed E-state index contributed by atoms with van der Waals surface area (Å²) in [4.78, 5) is 42.3. The standard InChI is InChI=1S/C24H24N8O4/c1-24(2,35)12-29-21(33)17-7-14(8-25)3-6-18(17)32-23(34)36-22-20(30-16-9-26-13-27-10-16)28-11-19(31-22)15-4-5-15/h3,6-7,9-11,13,15,35H,4-5,12H2,1-2H3,(H,28,30)(H,29,33)(H,32,34). The number of nitrogens with one attached hydrogen (secondary N) is 3. The lowest BCUT2D eigenvalue weighted by Gasteiger charge is -2.18. The Morgan fingerprint density at radius 2 is 1.97 bits per heavy atom. The summed E-state index contributed by atoms with van der Waals surface area (Å²) in [6.45, 7) is 3.05. The normalized spacial score (nSPS) is 12.8. The number of hydrogen-bond donors (Lipinski definition) is 4. The molecular formula is C24H24N8O4. The van der Waals surface area contributed by atoms with Gasteiger partial charge in [0, 0.05) is 12.5 Å². The zero-order valence-electron chi connectivity index (χ0n) is 19.6. The van der Waals surface area contributed by atoms with Gasteiger partial charge < -0.3 is 20.5 Å². The number of nitrogens with zero attached hydrogens (tertiary/aromatic N) is 5. The average Bonchev–Trinajstić information content (AvgIpc) is 3.70. The van der Waals surface area contributed by atoms with Gasteiger partial charge in [-0.05, 0) is 44.9 Å². The zero-order chi connectivity index (χ0) is 25.7. The van der Waals surface area contributed by atoms with Crippen molar-refractivity contribution < 1.29 is 19.4 Å². The lowest BCUT2D eigenvalue weighted by Crippen LogP contribution is -2.38. The second-order valence-corrected chi connectivity index (χ2v) is 8.86. The van der Waals surface area contributed by atoms with E-state index in [1.54, 1.807) is 20.0 Å². The highest BCUT2D eigenvalue weighted by molar-refractivity contribution is 6.03. The topological polar surface area (TPSA) is 175 Å². The Labute approximate surface area is 206 Å². The lowest BCUT2D eigenvalue weighted by atomic mass is 10.1. The first-order chi connectivity index (χ1) is 17.2. The van der Waals surface area contributed by atoms with Gasteiger partial charge in [-0.3, -0.25) is 10.1 Å². The molecule has 36 heavy (non-hydrogen) atoms. The molecule has 0 radical (unpaired) electrons. The molecule has 3 aromatic rings. The van der Waals surface area contributed by atoms with Crippen LogP contribution >= 0.6 is 0 Å². The first-order valence-corrected chi connectivity index (χ1v) is 11.1. The van der Waals surface area contributed by atoms with E-state index in [-0.39, 0.29) is 41.0 Å². The van der Waals surface area contributed by atoms with Crippen LogP contribution in [-0.2, 0) is 0 Å². The van der Waals surface area contributed by atoms with E-state index in [4.69, 9.17) is 4.74 Å². The third-order valence-corrected chi connectivity index (χ3v) is 5.08. The molecule has 1 saturated carbocycles. The number of ether oxygens (including phenoxy) is 1. The molecule has 0 bridgehead atoms. The maximum atomic E-state index is 12.8. The molecule has 12 nitrogen and oxygen atoms in total. The van der Waals surface area contributed by atoms with Crippen molar-refractivity contribution in [3.8, 4) is 11.9 Å². The number of aliphatic hydroxyl groups is 1. The average molecular weight is 489 g/mol. The van der Waals surface area contributed by atoms with E-state index in [2.05, 4.69) is 35.9 Å². The second-order valence-electron chi connectivity index (χ2n) is 8.86. The minimum atomic E-state index is -1.15. The largest absolute Gasteiger partial charge is 0.418 e. The summed E-state index contributed by atoms with van der Waals surface area (Å²) in [7, 11) is 0. The van der Waals surface area contributed by atoms with E-state index in [0.29, 0.717) is 11.4 Å². The first kappa shape index (κ1) is 24.5. The Hall–Kier alpha value is -4.63. The fourth-order valence-corrected chi connectivity index (χ4v) is 3.14. The van der Waals surface area contributed by atoms with Gasteiger partial charge in [-0.25, -0.2) is 24.7 Å². The Morgan fingerprint density at radius 3 is 2.64 bits per heavy atom. The minimum Gasteiger partial charge on any atom is -0.389 e. The molecule has 0 saturated heterocycles. The van der Waals surface area contributed by atoms with Crippen LogP contribution in [-0.4, -0.2) is 49.2 Å². The van der Waals surface area contributed by atoms with Crippen LogP contribution in [0.3, 0.4) is 0 Å². The van der Waals surface area contributed by atoms with Gasteiger partial charge in [-0.15, -0.1) is 0 Å². The molecule has 1 aliphatic rings. The van der Waals surface area contributed by atoms with Crippen LogP contribution in [0.15, 0.2) is 43.1 Å². The molecule has 0 atom stereocenters. The highest BCUT2D eigenvalue weighted by Gasteiger charge is 2.27. The van der Waals surface area contributed by atoms with E-state index in [0.717, 1.165) is 12.8 Å². The van der Waals surface area contributed by atoms with E-state index >= 15 is 0 Å². The van der Waals surface area contributed by atoms with Crippen LogP contribution in [0.25, 0.3) is 0 Å². The van der Waals surface area contributed by atoms with E-state index in [1.165, 1.54) is 36.9 Å². The van der Waals surface area contributed by atoms with Crippen LogP contribution < -0.4 is 20.7 Å². The molecule has 1 aromatic carbocycles. The summed E-state index contributed by atoms with van der Waals surface area (Å²) in [5.41, 5.74) is 0.457. The Morgan fingerprint density at radius 1 is 1.22 bits per heavy atom. The maximum absolute atomic E-state index is 12.8. The van der Waals surface area contributed by atoms with Crippen LogP contribution in [0.4, 0.5) is 22.0 Å². The van der Waals surface area contributed by atoms with E-state index in [1.807, 2.05) is 6.07 Å². The molecule has 0 aliphatic heterocycles. The van der Waals surface area contributed by atoms with Crippen LogP contribution in [0.1, 0.15) is 54.2 Å². The number of carbonyl (C=O) groups excluding carboxylic acids is 2. The summed E-state index contributed by atoms with van der Waals surface area (Å²) >= 11 is 0. The van der Waals surface area contributed by atoms with Crippen molar-refractivity contribution >= 4 is 29.2 Å². The first-order valence-electron chi connectivity index (χ1n) is 11.1. The van der Waals surface area contributed by atoms with Gasteiger partial charge in [-0.2, -0.15) is 5.26 Å². The third kappa shape index (κ3) is 6.49. The zero-order valence-corrected chi connectivity index (χ0v) is 19.6. The number of aromatic nitrogens is 4. The van der Waals surface area contributed by atoms with Crippen molar-refractivity contribution in [2.45, 2.75) is 38.2 Å². The highest BCUT2D eigenvalue weighted by atomic mass is 16.6. The van der Waals surface area contributed by atoms with Crippen LogP contribution in [0, 0.1) is 11.3 Å². The third-order valence-electron chi connectivity index (χ3n) is 5.08. The second kappa shape index (κ2) is 10.3. The van der Waals surface area contributed by atoms with Crippen molar-refractivity contribution in [2.24, 2.45) is 0 Å².